The zero-order valence-electron chi connectivity index (χ0n) is 13.6. The van der Waals surface area contributed by atoms with E-state index in [-0.39, 0.29) is 24.2 Å². The van der Waals surface area contributed by atoms with E-state index in [0.29, 0.717) is 5.92 Å². The minimum absolute atomic E-state index is 0.00607. The molecule has 0 bridgehead atoms. The van der Waals surface area contributed by atoms with E-state index in [9.17, 15) is 13.6 Å². The van der Waals surface area contributed by atoms with Crippen molar-refractivity contribution in [1.82, 2.24) is 4.90 Å². The maximum Gasteiger partial charge on any atom is 0.238 e. The third kappa shape index (κ3) is 5.88. The third-order valence-electron chi connectivity index (χ3n) is 3.77. The Morgan fingerprint density at radius 3 is 2.65 bits per heavy atom. The van der Waals surface area contributed by atoms with Gasteiger partial charge in [0.25, 0.3) is 0 Å². The third-order valence-corrected chi connectivity index (χ3v) is 3.77. The molecule has 1 heterocycles. The number of halogens is 2. The number of nitrogens with zero attached hydrogens (tertiary/aromatic N) is 1. The van der Waals surface area contributed by atoms with Crippen molar-refractivity contribution in [2.24, 2.45) is 5.92 Å². The van der Waals surface area contributed by atoms with E-state index in [1.807, 2.05) is 4.90 Å². The number of nitrogens with one attached hydrogen (secondary N) is 1. The largest absolute Gasteiger partial charge is 0.378 e. The molecule has 0 aromatic heterocycles. The number of benzene rings is 1. The van der Waals surface area contributed by atoms with Crippen LogP contribution >= 0.6 is 0 Å². The molecule has 0 spiro atoms. The molecule has 0 aliphatic carbocycles. The van der Waals surface area contributed by atoms with E-state index >= 15 is 0 Å². The minimum Gasteiger partial charge on any atom is -0.378 e. The molecule has 0 radical (unpaired) electrons. The van der Waals surface area contributed by atoms with Crippen LogP contribution in [-0.2, 0) is 9.53 Å². The summed E-state index contributed by atoms with van der Waals surface area (Å²) in [6.07, 6.45) is 2.04. The Labute approximate surface area is 135 Å². The molecule has 1 N–H and O–H groups in total. The summed E-state index contributed by atoms with van der Waals surface area (Å²) in [5, 5.41) is 2.48. The zero-order valence-corrected chi connectivity index (χ0v) is 13.6. The topological polar surface area (TPSA) is 41.6 Å². The first-order valence-corrected chi connectivity index (χ1v) is 8.03. The molecule has 128 valence electrons. The summed E-state index contributed by atoms with van der Waals surface area (Å²) < 4.78 is 32.1. The maximum atomic E-state index is 13.5. The van der Waals surface area contributed by atoms with Crippen LogP contribution in [0.15, 0.2) is 18.2 Å². The molecule has 1 fully saturated rings. The summed E-state index contributed by atoms with van der Waals surface area (Å²) in [7, 11) is 0. The van der Waals surface area contributed by atoms with E-state index in [1.165, 1.54) is 6.07 Å². The number of anilines is 1. The summed E-state index contributed by atoms with van der Waals surface area (Å²) in [6, 6.07) is 3.11. The molecule has 2 rings (SSSR count). The first kappa shape index (κ1) is 17.8. The van der Waals surface area contributed by atoms with Crippen molar-refractivity contribution in [3.63, 3.8) is 0 Å². The Morgan fingerprint density at radius 1 is 1.35 bits per heavy atom. The fourth-order valence-corrected chi connectivity index (χ4v) is 2.55. The normalized spacial score (nSPS) is 16.7. The lowest BCUT2D eigenvalue weighted by Crippen LogP contribution is -2.41. The van der Waals surface area contributed by atoms with Gasteiger partial charge in [-0.1, -0.05) is 13.8 Å². The number of likely N-dealkylation sites (tertiary alicyclic amines) is 1. The second-order valence-corrected chi connectivity index (χ2v) is 6.38. The van der Waals surface area contributed by atoms with Gasteiger partial charge in [0, 0.05) is 25.8 Å². The summed E-state index contributed by atoms with van der Waals surface area (Å²) in [6.45, 7) is 6.76. The monoisotopic (exact) mass is 326 g/mol. The number of piperidine rings is 1. The van der Waals surface area contributed by atoms with Crippen LogP contribution in [0.5, 0.6) is 0 Å². The SMILES string of the molecule is CC(C)COC1CCN(CC(=O)Nc2ccc(F)cc2F)CC1. The molecular formula is C17H24F2N2O2. The molecular weight excluding hydrogens is 302 g/mol. The lowest BCUT2D eigenvalue weighted by molar-refractivity contribution is -0.118. The summed E-state index contributed by atoms with van der Waals surface area (Å²) in [4.78, 5) is 14.0. The number of hydrogen-bond donors (Lipinski definition) is 1. The molecule has 0 atom stereocenters. The predicted octanol–water partition coefficient (Wildman–Crippen LogP) is 3.04. The number of hydrogen-bond acceptors (Lipinski definition) is 3. The van der Waals surface area contributed by atoms with Crippen LogP contribution in [-0.4, -0.2) is 43.2 Å². The van der Waals surface area contributed by atoms with Gasteiger partial charge in [-0.15, -0.1) is 0 Å². The highest BCUT2D eigenvalue weighted by atomic mass is 19.1. The molecule has 4 nitrogen and oxygen atoms in total. The van der Waals surface area contributed by atoms with Crippen molar-refractivity contribution >= 4 is 11.6 Å². The van der Waals surface area contributed by atoms with Gasteiger partial charge in [-0.2, -0.15) is 0 Å². The van der Waals surface area contributed by atoms with Crippen LogP contribution in [0.2, 0.25) is 0 Å². The average Bonchev–Trinajstić information content (AvgIpc) is 2.49. The molecule has 1 aromatic rings. The summed E-state index contributed by atoms with van der Waals surface area (Å²) in [5.74, 6) is -1.20. The van der Waals surface area contributed by atoms with Crippen LogP contribution in [0.1, 0.15) is 26.7 Å². The number of ether oxygens (including phenoxy) is 1. The highest BCUT2D eigenvalue weighted by molar-refractivity contribution is 5.92. The van der Waals surface area contributed by atoms with Gasteiger partial charge in [0.15, 0.2) is 0 Å². The highest BCUT2D eigenvalue weighted by Crippen LogP contribution is 2.17. The van der Waals surface area contributed by atoms with Crippen molar-refractivity contribution in [2.75, 3.05) is 31.6 Å². The van der Waals surface area contributed by atoms with Crippen molar-refractivity contribution in [2.45, 2.75) is 32.8 Å². The van der Waals surface area contributed by atoms with Crippen LogP contribution in [0.4, 0.5) is 14.5 Å². The van der Waals surface area contributed by atoms with Crippen LogP contribution in [0.3, 0.4) is 0 Å². The van der Waals surface area contributed by atoms with E-state index in [1.54, 1.807) is 0 Å². The minimum atomic E-state index is -0.765. The first-order chi connectivity index (χ1) is 10.9. The Kier molecular flexibility index (Phi) is 6.47. The highest BCUT2D eigenvalue weighted by Gasteiger charge is 2.21. The fourth-order valence-electron chi connectivity index (χ4n) is 2.55. The molecule has 23 heavy (non-hydrogen) atoms. The van der Waals surface area contributed by atoms with E-state index in [4.69, 9.17) is 4.74 Å². The van der Waals surface area contributed by atoms with Gasteiger partial charge >= 0.3 is 0 Å². The second-order valence-electron chi connectivity index (χ2n) is 6.38. The standard InChI is InChI=1S/C17H24F2N2O2/c1-12(2)11-23-14-5-7-21(8-6-14)10-17(22)20-16-4-3-13(18)9-15(16)19/h3-4,9,12,14H,5-8,10-11H2,1-2H3,(H,20,22). The van der Waals surface area contributed by atoms with E-state index in [0.717, 1.165) is 44.7 Å². The molecule has 1 aliphatic heterocycles. The lowest BCUT2D eigenvalue weighted by atomic mass is 10.1. The van der Waals surface area contributed by atoms with Gasteiger partial charge in [0.05, 0.1) is 18.3 Å². The Balaban J connectivity index is 1.74. The van der Waals surface area contributed by atoms with Crippen LogP contribution in [0.25, 0.3) is 0 Å². The molecule has 1 amide bonds. The van der Waals surface area contributed by atoms with Crippen LogP contribution in [0, 0.1) is 17.6 Å². The van der Waals surface area contributed by atoms with Crippen molar-refractivity contribution < 1.29 is 18.3 Å². The van der Waals surface area contributed by atoms with Gasteiger partial charge in [-0.05, 0) is 30.9 Å². The summed E-state index contributed by atoms with van der Waals surface area (Å²) >= 11 is 0. The van der Waals surface area contributed by atoms with Crippen molar-refractivity contribution in [1.29, 1.82) is 0 Å². The Morgan fingerprint density at radius 2 is 2.04 bits per heavy atom. The van der Waals surface area contributed by atoms with Crippen LogP contribution < -0.4 is 5.32 Å². The molecule has 6 heteroatoms. The predicted molar refractivity (Wildman–Crippen MR) is 85.2 cm³/mol. The number of carbonyl (C=O) groups is 1. The zero-order chi connectivity index (χ0) is 16.8. The lowest BCUT2D eigenvalue weighted by Gasteiger charge is -2.31. The van der Waals surface area contributed by atoms with Gasteiger partial charge in [-0.25, -0.2) is 8.78 Å². The van der Waals surface area contributed by atoms with Gasteiger partial charge < -0.3 is 10.1 Å². The molecule has 1 saturated heterocycles. The van der Waals surface area contributed by atoms with Gasteiger partial charge in [0.1, 0.15) is 11.6 Å². The fraction of sp³-hybridized carbons (Fsp3) is 0.588. The smallest absolute Gasteiger partial charge is 0.238 e. The number of rotatable bonds is 6. The maximum absolute atomic E-state index is 13.5. The molecule has 1 aromatic carbocycles. The van der Waals surface area contributed by atoms with E-state index < -0.39 is 11.6 Å². The quantitative estimate of drug-likeness (QED) is 0.874. The number of amides is 1. The second kappa shape index (κ2) is 8.36. The van der Waals surface area contributed by atoms with E-state index in [2.05, 4.69) is 19.2 Å². The van der Waals surface area contributed by atoms with Gasteiger partial charge in [0.2, 0.25) is 5.91 Å². The molecule has 0 unspecified atom stereocenters. The van der Waals surface area contributed by atoms with Gasteiger partial charge in [-0.3, -0.25) is 9.69 Å². The van der Waals surface area contributed by atoms with Crippen molar-refractivity contribution in [3.05, 3.63) is 29.8 Å². The number of carbonyl (C=O) groups excluding carboxylic acids is 1. The Hall–Kier alpha value is -1.53. The molecule has 1 aliphatic rings. The average molecular weight is 326 g/mol. The Bertz CT molecular complexity index is 529. The summed E-state index contributed by atoms with van der Waals surface area (Å²) in [5.41, 5.74) is 0.00607. The van der Waals surface area contributed by atoms with Crippen molar-refractivity contribution in [3.8, 4) is 0 Å². The molecule has 0 saturated carbocycles. The first-order valence-electron chi connectivity index (χ1n) is 8.03.